The van der Waals surface area contributed by atoms with Gasteiger partial charge < -0.3 is 19.5 Å². The van der Waals surface area contributed by atoms with Crippen LogP contribution in [0.2, 0.25) is 0 Å². The summed E-state index contributed by atoms with van der Waals surface area (Å²) < 4.78 is 15.3. The fraction of sp³-hybridized carbons (Fsp3) is 0.176. The average Bonchev–Trinajstić information content (AvgIpc) is 3.12. The molecule has 0 saturated heterocycles. The predicted molar refractivity (Wildman–Crippen MR) is 92.1 cm³/mol. The van der Waals surface area contributed by atoms with Crippen LogP contribution in [0.1, 0.15) is 10.4 Å². The van der Waals surface area contributed by atoms with Crippen molar-refractivity contribution in [3.8, 4) is 17.6 Å². The van der Waals surface area contributed by atoms with Crippen molar-refractivity contribution in [1.29, 1.82) is 5.26 Å². The lowest BCUT2D eigenvalue weighted by Gasteiger charge is -2.08. The lowest BCUT2D eigenvalue weighted by molar-refractivity contribution is -0.113. The molecule has 9 heteroatoms. The van der Waals surface area contributed by atoms with Crippen molar-refractivity contribution in [2.24, 2.45) is 0 Å². The molecular formula is C17H13N3O5S. The zero-order chi connectivity index (χ0) is 18.4. The van der Waals surface area contributed by atoms with Crippen molar-refractivity contribution in [1.82, 2.24) is 4.98 Å². The number of benzene rings is 1. The van der Waals surface area contributed by atoms with Gasteiger partial charge in [-0.2, -0.15) is 5.26 Å². The van der Waals surface area contributed by atoms with E-state index in [1.54, 1.807) is 30.3 Å². The Kier molecular flexibility index (Phi) is 5.56. The molecule has 8 nitrogen and oxygen atoms in total. The fourth-order valence-electron chi connectivity index (χ4n) is 2.14. The Morgan fingerprint density at radius 1 is 1.31 bits per heavy atom. The molecule has 1 N–H and O–H groups in total. The second kappa shape index (κ2) is 8.22. The number of rotatable bonds is 6. The zero-order valence-electron chi connectivity index (χ0n) is 13.4. The van der Waals surface area contributed by atoms with Crippen LogP contribution in [0.25, 0.3) is 0 Å². The monoisotopic (exact) mass is 371 g/mol. The Morgan fingerprint density at radius 3 is 3.00 bits per heavy atom. The van der Waals surface area contributed by atoms with E-state index in [4.69, 9.17) is 19.5 Å². The normalized spacial score (nSPS) is 11.5. The number of nitrogens with zero attached hydrogens (tertiary/aromatic N) is 2. The van der Waals surface area contributed by atoms with E-state index in [1.165, 1.54) is 12.3 Å². The SMILES string of the molecule is N#CCOC(=O)c1cccnc1SCC(=O)Nc1ccc2c(c1)OCO2. The van der Waals surface area contributed by atoms with Crippen molar-refractivity contribution < 1.29 is 23.8 Å². The summed E-state index contributed by atoms with van der Waals surface area (Å²) in [4.78, 5) is 28.2. The Balaban J connectivity index is 1.59. The van der Waals surface area contributed by atoms with Crippen LogP contribution in [0.15, 0.2) is 41.6 Å². The minimum Gasteiger partial charge on any atom is -0.454 e. The van der Waals surface area contributed by atoms with E-state index in [9.17, 15) is 9.59 Å². The van der Waals surface area contributed by atoms with E-state index < -0.39 is 5.97 Å². The van der Waals surface area contributed by atoms with Crippen LogP contribution < -0.4 is 14.8 Å². The largest absolute Gasteiger partial charge is 0.454 e. The number of fused-ring (bicyclic) bond motifs is 1. The topological polar surface area (TPSA) is 111 Å². The number of ether oxygens (including phenoxy) is 3. The summed E-state index contributed by atoms with van der Waals surface area (Å²) in [5.74, 6) is 0.326. The third-order valence-corrected chi connectivity index (χ3v) is 4.26. The standard InChI is InChI=1S/C17H13N3O5S/c18-5-7-23-17(22)12-2-1-6-19-16(12)26-9-15(21)20-11-3-4-13-14(8-11)25-10-24-13/h1-4,6,8H,7,9-10H2,(H,20,21). The van der Waals surface area contributed by atoms with Gasteiger partial charge in [0, 0.05) is 18.0 Å². The second-order valence-electron chi connectivity index (χ2n) is 5.00. The first-order chi connectivity index (χ1) is 12.7. The van der Waals surface area contributed by atoms with Crippen molar-refractivity contribution in [3.63, 3.8) is 0 Å². The van der Waals surface area contributed by atoms with E-state index in [1.807, 2.05) is 0 Å². The highest BCUT2D eigenvalue weighted by atomic mass is 32.2. The number of nitriles is 1. The lowest BCUT2D eigenvalue weighted by Crippen LogP contribution is -2.15. The molecule has 0 spiro atoms. The van der Waals surface area contributed by atoms with E-state index in [-0.39, 0.29) is 30.6 Å². The van der Waals surface area contributed by atoms with E-state index >= 15 is 0 Å². The van der Waals surface area contributed by atoms with Gasteiger partial charge >= 0.3 is 5.97 Å². The van der Waals surface area contributed by atoms with Gasteiger partial charge in [0.2, 0.25) is 12.7 Å². The average molecular weight is 371 g/mol. The number of esters is 1. The molecule has 1 aliphatic rings. The number of nitrogens with one attached hydrogen (secondary N) is 1. The molecule has 2 heterocycles. The van der Waals surface area contributed by atoms with Crippen molar-refractivity contribution in [3.05, 3.63) is 42.1 Å². The molecule has 0 unspecified atom stereocenters. The number of anilines is 1. The maximum absolute atomic E-state index is 12.1. The van der Waals surface area contributed by atoms with Crippen LogP contribution in [-0.2, 0) is 9.53 Å². The summed E-state index contributed by atoms with van der Waals surface area (Å²) in [5, 5.41) is 11.6. The molecule has 0 atom stereocenters. The first kappa shape index (κ1) is 17.6. The van der Waals surface area contributed by atoms with Crippen LogP contribution in [0.5, 0.6) is 11.5 Å². The zero-order valence-corrected chi connectivity index (χ0v) is 14.2. The molecule has 0 fully saturated rings. The summed E-state index contributed by atoms with van der Waals surface area (Å²) in [6, 6.07) is 9.95. The predicted octanol–water partition coefficient (Wildman–Crippen LogP) is 2.22. The first-order valence-corrected chi connectivity index (χ1v) is 8.47. The Labute approximate surface area is 153 Å². The summed E-state index contributed by atoms with van der Waals surface area (Å²) in [7, 11) is 0. The van der Waals surface area contributed by atoms with E-state index in [0.717, 1.165) is 11.8 Å². The number of pyridine rings is 1. The molecule has 3 rings (SSSR count). The molecule has 2 aromatic rings. The number of thioether (sulfide) groups is 1. The molecule has 26 heavy (non-hydrogen) atoms. The van der Waals surface area contributed by atoms with Gasteiger partial charge in [-0.05, 0) is 24.3 Å². The lowest BCUT2D eigenvalue weighted by atomic mass is 10.3. The number of carbonyl (C=O) groups excluding carboxylic acids is 2. The molecule has 0 saturated carbocycles. The van der Waals surface area contributed by atoms with Crippen molar-refractivity contribution >= 4 is 29.3 Å². The highest BCUT2D eigenvalue weighted by Crippen LogP contribution is 2.34. The van der Waals surface area contributed by atoms with Gasteiger partial charge in [0.05, 0.1) is 11.3 Å². The molecule has 0 bridgehead atoms. The number of amides is 1. The van der Waals surface area contributed by atoms with Crippen LogP contribution in [0.3, 0.4) is 0 Å². The highest BCUT2D eigenvalue weighted by molar-refractivity contribution is 8.00. The fourth-order valence-corrected chi connectivity index (χ4v) is 2.92. The number of aromatic nitrogens is 1. The quantitative estimate of drug-likeness (QED) is 0.608. The second-order valence-corrected chi connectivity index (χ2v) is 5.96. The van der Waals surface area contributed by atoms with Gasteiger partial charge in [0.15, 0.2) is 18.1 Å². The summed E-state index contributed by atoms with van der Waals surface area (Å²) in [5.41, 5.74) is 0.790. The van der Waals surface area contributed by atoms with Crippen molar-refractivity contribution in [2.45, 2.75) is 5.03 Å². The Morgan fingerprint density at radius 2 is 2.15 bits per heavy atom. The highest BCUT2D eigenvalue weighted by Gasteiger charge is 2.17. The van der Waals surface area contributed by atoms with Crippen LogP contribution in [-0.4, -0.2) is 36.0 Å². The number of carbonyl (C=O) groups is 2. The summed E-state index contributed by atoms with van der Waals surface area (Å²) >= 11 is 1.10. The van der Waals surface area contributed by atoms with Gasteiger partial charge in [-0.15, -0.1) is 0 Å². The Hall–Kier alpha value is -3.25. The van der Waals surface area contributed by atoms with Crippen molar-refractivity contribution in [2.75, 3.05) is 24.5 Å². The number of hydrogen-bond donors (Lipinski definition) is 1. The minimum atomic E-state index is -0.654. The molecule has 1 aliphatic heterocycles. The van der Waals surface area contributed by atoms with Gasteiger partial charge in [0.1, 0.15) is 11.1 Å². The van der Waals surface area contributed by atoms with Gasteiger partial charge in [-0.1, -0.05) is 11.8 Å². The third-order valence-electron chi connectivity index (χ3n) is 3.26. The van der Waals surface area contributed by atoms with Gasteiger partial charge in [0.25, 0.3) is 0 Å². The smallest absolute Gasteiger partial charge is 0.341 e. The summed E-state index contributed by atoms with van der Waals surface area (Å²) in [6.45, 7) is -0.185. The number of hydrogen-bond acceptors (Lipinski definition) is 8. The molecular weight excluding hydrogens is 358 g/mol. The molecule has 1 aromatic heterocycles. The van der Waals surface area contributed by atoms with Crippen LogP contribution in [0.4, 0.5) is 5.69 Å². The van der Waals surface area contributed by atoms with E-state index in [0.29, 0.717) is 22.2 Å². The van der Waals surface area contributed by atoms with Gasteiger partial charge in [-0.25, -0.2) is 9.78 Å². The van der Waals surface area contributed by atoms with Crippen LogP contribution in [0, 0.1) is 11.3 Å². The van der Waals surface area contributed by atoms with E-state index in [2.05, 4.69) is 10.3 Å². The molecule has 1 amide bonds. The van der Waals surface area contributed by atoms with Crippen LogP contribution >= 0.6 is 11.8 Å². The minimum absolute atomic E-state index is 0.0456. The maximum Gasteiger partial charge on any atom is 0.341 e. The maximum atomic E-state index is 12.1. The molecule has 132 valence electrons. The first-order valence-electron chi connectivity index (χ1n) is 7.49. The third kappa shape index (κ3) is 4.23. The summed E-state index contributed by atoms with van der Waals surface area (Å²) in [6.07, 6.45) is 1.51. The molecule has 1 aromatic carbocycles. The van der Waals surface area contributed by atoms with Gasteiger partial charge in [-0.3, -0.25) is 4.79 Å². The molecule has 0 aliphatic carbocycles. The molecule has 0 radical (unpaired) electrons. The Bertz CT molecular complexity index is 881.